The Hall–Kier alpha value is -2.17. The van der Waals surface area contributed by atoms with Crippen molar-refractivity contribution in [3.63, 3.8) is 0 Å². The van der Waals surface area contributed by atoms with Crippen molar-refractivity contribution in [2.24, 2.45) is 0 Å². The van der Waals surface area contributed by atoms with Gasteiger partial charge in [0.15, 0.2) is 0 Å². The summed E-state index contributed by atoms with van der Waals surface area (Å²) in [4.78, 5) is 16.1. The number of pyridine rings is 1. The number of nitrogens with zero attached hydrogens (tertiary/aromatic N) is 3. The van der Waals surface area contributed by atoms with Crippen molar-refractivity contribution < 1.29 is 4.79 Å². The zero-order valence-electron chi connectivity index (χ0n) is 13.4. The van der Waals surface area contributed by atoms with Gasteiger partial charge < -0.3 is 5.32 Å². The van der Waals surface area contributed by atoms with Gasteiger partial charge >= 0.3 is 0 Å². The van der Waals surface area contributed by atoms with Crippen LogP contribution in [0.15, 0.2) is 18.3 Å². The van der Waals surface area contributed by atoms with Crippen LogP contribution in [0.2, 0.25) is 0 Å². The van der Waals surface area contributed by atoms with E-state index in [-0.39, 0.29) is 11.9 Å². The molecule has 1 aliphatic heterocycles. The van der Waals surface area contributed by atoms with Crippen LogP contribution in [0.5, 0.6) is 0 Å². The Labute approximate surface area is 130 Å². The predicted molar refractivity (Wildman–Crippen MR) is 84.5 cm³/mol. The standard InChI is InChI=1S/C17H22N4O/c1-11-7-8-18-14(9-11)10-21-13(3)17(12(2)20-21)15-5-4-6-16(22)19-15/h7-9,15H,4-6,10H2,1-3H3,(H,19,22). The van der Waals surface area contributed by atoms with Crippen molar-refractivity contribution in [3.05, 3.63) is 46.5 Å². The van der Waals surface area contributed by atoms with Gasteiger partial charge in [-0.05, 0) is 51.3 Å². The summed E-state index contributed by atoms with van der Waals surface area (Å²) in [6.45, 7) is 6.82. The first-order valence-electron chi connectivity index (χ1n) is 7.79. The lowest BCUT2D eigenvalue weighted by atomic mass is 9.96. The highest BCUT2D eigenvalue weighted by molar-refractivity contribution is 5.77. The Morgan fingerprint density at radius 2 is 2.18 bits per heavy atom. The fraction of sp³-hybridized carbons (Fsp3) is 0.471. The fourth-order valence-corrected chi connectivity index (χ4v) is 3.23. The number of hydrogen-bond acceptors (Lipinski definition) is 3. The number of nitrogens with one attached hydrogen (secondary N) is 1. The number of hydrogen-bond donors (Lipinski definition) is 1. The maximum Gasteiger partial charge on any atom is 0.220 e. The van der Waals surface area contributed by atoms with Gasteiger partial charge in [0, 0.05) is 23.9 Å². The third-order valence-corrected chi connectivity index (χ3v) is 4.30. The number of aryl methyl sites for hydroxylation is 2. The molecule has 3 heterocycles. The van der Waals surface area contributed by atoms with E-state index in [0.29, 0.717) is 13.0 Å². The Bertz CT molecular complexity index is 705. The van der Waals surface area contributed by atoms with E-state index in [4.69, 9.17) is 0 Å². The first-order valence-corrected chi connectivity index (χ1v) is 7.79. The zero-order chi connectivity index (χ0) is 15.7. The molecule has 0 aliphatic carbocycles. The number of aromatic nitrogens is 3. The molecular formula is C17H22N4O. The lowest BCUT2D eigenvalue weighted by molar-refractivity contribution is -0.123. The number of rotatable bonds is 3. The topological polar surface area (TPSA) is 59.8 Å². The molecule has 0 spiro atoms. The average Bonchev–Trinajstić information content (AvgIpc) is 2.73. The molecule has 1 atom stereocenters. The number of amides is 1. The highest BCUT2D eigenvalue weighted by atomic mass is 16.1. The van der Waals surface area contributed by atoms with Gasteiger partial charge in [-0.1, -0.05) is 0 Å². The predicted octanol–water partition coefficient (Wildman–Crippen LogP) is 2.59. The summed E-state index contributed by atoms with van der Waals surface area (Å²) in [5, 5.41) is 7.75. The second-order valence-corrected chi connectivity index (χ2v) is 6.08. The summed E-state index contributed by atoms with van der Waals surface area (Å²) >= 11 is 0. The summed E-state index contributed by atoms with van der Waals surface area (Å²) in [6.07, 6.45) is 4.40. The molecule has 0 radical (unpaired) electrons. The van der Waals surface area contributed by atoms with Crippen molar-refractivity contribution >= 4 is 5.91 Å². The molecule has 1 unspecified atom stereocenters. The van der Waals surface area contributed by atoms with Crippen molar-refractivity contribution in [3.8, 4) is 0 Å². The molecule has 5 heteroatoms. The lowest BCUT2D eigenvalue weighted by Gasteiger charge is -2.23. The van der Waals surface area contributed by atoms with Gasteiger partial charge in [-0.15, -0.1) is 0 Å². The minimum Gasteiger partial charge on any atom is -0.349 e. The van der Waals surface area contributed by atoms with E-state index in [1.54, 1.807) is 0 Å². The van der Waals surface area contributed by atoms with E-state index in [1.165, 1.54) is 11.1 Å². The van der Waals surface area contributed by atoms with Crippen LogP contribution in [-0.2, 0) is 11.3 Å². The molecular weight excluding hydrogens is 276 g/mol. The number of piperidine rings is 1. The second-order valence-electron chi connectivity index (χ2n) is 6.08. The van der Waals surface area contributed by atoms with Gasteiger partial charge in [0.05, 0.1) is 24.0 Å². The van der Waals surface area contributed by atoms with Crippen molar-refractivity contribution in [2.75, 3.05) is 0 Å². The zero-order valence-corrected chi connectivity index (χ0v) is 13.4. The molecule has 0 bridgehead atoms. The maximum absolute atomic E-state index is 11.7. The van der Waals surface area contributed by atoms with Gasteiger partial charge in [0.2, 0.25) is 5.91 Å². The highest BCUT2D eigenvalue weighted by Crippen LogP contribution is 2.28. The van der Waals surface area contributed by atoms with Gasteiger partial charge in [-0.3, -0.25) is 14.5 Å². The maximum atomic E-state index is 11.7. The van der Waals surface area contributed by atoms with E-state index in [2.05, 4.69) is 35.3 Å². The van der Waals surface area contributed by atoms with E-state index in [0.717, 1.165) is 29.9 Å². The number of carbonyl (C=O) groups excluding carboxylic acids is 1. The molecule has 116 valence electrons. The summed E-state index contributed by atoms with van der Waals surface area (Å²) in [7, 11) is 0. The van der Waals surface area contributed by atoms with Crippen LogP contribution in [0.25, 0.3) is 0 Å². The van der Waals surface area contributed by atoms with Gasteiger partial charge in [0.25, 0.3) is 0 Å². The van der Waals surface area contributed by atoms with Crippen LogP contribution >= 0.6 is 0 Å². The molecule has 22 heavy (non-hydrogen) atoms. The molecule has 3 rings (SSSR count). The molecule has 1 amide bonds. The van der Waals surface area contributed by atoms with Gasteiger partial charge in [-0.2, -0.15) is 5.10 Å². The van der Waals surface area contributed by atoms with Crippen LogP contribution in [0.4, 0.5) is 0 Å². The van der Waals surface area contributed by atoms with Crippen LogP contribution in [-0.4, -0.2) is 20.7 Å². The smallest absolute Gasteiger partial charge is 0.220 e. The summed E-state index contributed by atoms with van der Waals surface area (Å²) < 4.78 is 1.99. The van der Waals surface area contributed by atoms with Gasteiger partial charge in [-0.25, -0.2) is 0 Å². The quantitative estimate of drug-likeness (QED) is 0.947. The second kappa shape index (κ2) is 5.91. The molecule has 1 aliphatic rings. The largest absolute Gasteiger partial charge is 0.349 e. The first-order chi connectivity index (χ1) is 10.5. The van der Waals surface area contributed by atoms with Crippen molar-refractivity contribution in [1.82, 2.24) is 20.1 Å². The molecule has 2 aromatic heterocycles. The van der Waals surface area contributed by atoms with Crippen LogP contribution in [0, 0.1) is 20.8 Å². The normalized spacial score (nSPS) is 18.3. The minimum atomic E-state index is 0.0977. The Balaban J connectivity index is 1.88. The Morgan fingerprint density at radius 3 is 2.91 bits per heavy atom. The average molecular weight is 298 g/mol. The molecule has 5 nitrogen and oxygen atoms in total. The third kappa shape index (κ3) is 2.89. The van der Waals surface area contributed by atoms with E-state index in [1.807, 2.05) is 23.9 Å². The minimum absolute atomic E-state index is 0.0977. The Kier molecular flexibility index (Phi) is 3.96. The molecule has 1 N–H and O–H groups in total. The molecule has 1 saturated heterocycles. The SMILES string of the molecule is Cc1ccnc(Cn2nc(C)c(C3CCCC(=O)N3)c2C)c1. The lowest BCUT2D eigenvalue weighted by Crippen LogP contribution is -2.33. The van der Waals surface area contributed by atoms with Crippen LogP contribution < -0.4 is 5.32 Å². The fourth-order valence-electron chi connectivity index (χ4n) is 3.23. The van der Waals surface area contributed by atoms with E-state index >= 15 is 0 Å². The summed E-state index contributed by atoms with van der Waals surface area (Å²) in [5.41, 5.74) is 5.49. The van der Waals surface area contributed by atoms with E-state index < -0.39 is 0 Å². The molecule has 0 aromatic carbocycles. The van der Waals surface area contributed by atoms with Crippen molar-refractivity contribution in [1.29, 1.82) is 0 Å². The molecule has 2 aromatic rings. The number of carbonyl (C=O) groups is 1. The summed E-state index contributed by atoms with van der Waals surface area (Å²) in [5.74, 6) is 0.142. The third-order valence-electron chi connectivity index (χ3n) is 4.30. The van der Waals surface area contributed by atoms with E-state index in [9.17, 15) is 4.79 Å². The monoisotopic (exact) mass is 298 g/mol. The molecule has 0 saturated carbocycles. The van der Waals surface area contributed by atoms with Crippen LogP contribution in [0.1, 0.15) is 53.5 Å². The van der Waals surface area contributed by atoms with Crippen molar-refractivity contribution in [2.45, 2.75) is 52.6 Å². The molecule has 1 fully saturated rings. The van der Waals surface area contributed by atoms with Crippen LogP contribution in [0.3, 0.4) is 0 Å². The Morgan fingerprint density at radius 1 is 1.36 bits per heavy atom. The first kappa shape index (κ1) is 14.8. The summed E-state index contributed by atoms with van der Waals surface area (Å²) in [6, 6.07) is 4.17. The highest BCUT2D eigenvalue weighted by Gasteiger charge is 2.25. The van der Waals surface area contributed by atoms with Gasteiger partial charge in [0.1, 0.15) is 0 Å².